The van der Waals surface area contributed by atoms with Crippen LogP contribution in [0, 0.1) is 0 Å². The number of benzene rings is 1. The summed E-state index contributed by atoms with van der Waals surface area (Å²) >= 11 is 0. The number of hydrogen-bond donors (Lipinski definition) is 0. The summed E-state index contributed by atoms with van der Waals surface area (Å²) in [5, 5.41) is 0. The summed E-state index contributed by atoms with van der Waals surface area (Å²) in [5.41, 5.74) is 2.12. The molecule has 0 saturated carbocycles. The van der Waals surface area contributed by atoms with Crippen LogP contribution in [-0.4, -0.2) is 25.7 Å². The van der Waals surface area contributed by atoms with Crippen molar-refractivity contribution < 1.29 is 23.8 Å². The van der Waals surface area contributed by atoms with E-state index in [1.807, 2.05) is 18.2 Å². The van der Waals surface area contributed by atoms with Crippen LogP contribution in [0.3, 0.4) is 0 Å². The standard InChI is InChI=1S/C18H24O5/c1-12(19)22-10-9-18(3)8-7-17(21-4)15-11-14(23-13(2)20)5-6-16(15)18/h5-6,11,17H,7-10H2,1-4H3/t17-,18-/m1/s1. The summed E-state index contributed by atoms with van der Waals surface area (Å²) < 4.78 is 15.9. The van der Waals surface area contributed by atoms with E-state index >= 15 is 0 Å². The van der Waals surface area contributed by atoms with Gasteiger partial charge in [0.25, 0.3) is 0 Å². The summed E-state index contributed by atoms with van der Waals surface area (Å²) in [6, 6.07) is 5.68. The molecule has 1 aliphatic rings. The molecule has 0 N–H and O–H groups in total. The van der Waals surface area contributed by atoms with Crippen molar-refractivity contribution in [2.75, 3.05) is 13.7 Å². The summed E-state index contributed by atoms with van der Waals surface area (Å²) in [6.45, 7) is 5.38. The van der Waals surface area contributed by atoms with Crippen LogP contribution in [0.15, 0.2) is 18.2 Å². The molecular formula is C18H24O5. The first-order valence-corrected chi connectivity index (χ1v) is 7.85. The molecule has 1 aromatic rings. The number of rotatable bonds is 5. The summed E-state index contributed by atoms with van der Waals surface area (Å²) in [5.74, 6) is -0.0699. The predicted octanol–water partition coefficient (Wildman–Crippen LogP) is 3.30. The van der Waals surface area contributed by atoms with Gasteiger partial charge >= 0.3 is 11.9 Å². The fourth-order valence-electron chi connectivity index (χ4n) is 3.25. The summed E-state index contributed by atoms with van der Waals surface area (Å²) in [7, 11) is 1.69. The van der Waals surface area contributed by atoms with Gasteiger partial charge < -0.3 is 14.2 Å². The fraction of sp³-hybridized carbons (Fsp3) is 0.556. The second-order valence-electron chi connectivity index (χ2n) is 6.26. The van der Waals surface area contributed by atoms with Gasteiger partial charge in [0.15, 0.2) is 0 Å². The Morgan fingerprint density at radius 1 is 1.26 bits per heavy atom. The zero-order valence-corrected chi connectivity index (χ0v) is 14.2. The van der Waals surface area contributed by atoms with Crippen LogP contribution >= 0.6 is 0 Å². The van der Waals surface area contributed by atoms with Crippen molar-refractivity contribution in [1.82, 2.24) is 0 Å². The highest BCUT2D eigenvalue weighted by atomic mass is 16.5. The van der Waals surface area contributed by atoms with Crippen LogP contribution in [0.2, 0.25) is 0 Å². The van der Waals surface area contributed by atoms with E-state index in [0.717, 1.165) is 24.8 Å². The Labute approximate surface area is 136 Å². The van der Waals surface area contributed by atoms with Crippen molar-refractivity contribution in [3.63, 3.8) is 0 Å². The number of hydrogen-bond acceptors (Lipinski definition) is 5. The largest absolute Gasteiger partial charge is 0.466 e. The lowest BCUT2D eigenvalue weighted by atomic mass is 9.68. The van der Waals surface area contributed by atoms with Crippen LogP contribution < -0.4 is 4.74 Å². The summed E-state index contributed by atoms with van der Waals surface area (Å²) in [4.78, 5) is 22.2. The molecule has 2 atom stereocenters. The molecule has 5 nitrogen and oxygen atoms in total. The van der Waals surface area contributed by atoms with Crippen molar-refractivity contribution in [1.29, 1.82) is 0 Å². The Morgan fingerprint density at radius 3 is 2.61 bits per heavy atom. The molecule has 1 aliphatic carbocycles. The second-order valence-corrected chi connectivity index (χ2v) is 6.26. The van der Waals surface area contributed by atoms with E-state index in [1.54, 1.807) is 7.11 Å². The molecule has 23 heavy (non-hydrogen) atoms. The molecule has 0 unspecified atom stereocenters. The van der Waals surface area contributed by atoms with E-state index in [0.29, 0.717) is 12.4 Å². The Balaban J connectivity index is 2.30. The van der Waals surface area contributed by atoms with E-state index in [9.17, 15) is 9.59 Å². The minimum atomic E-state index is -0.340. The topological polar surface area (TPSA) is 61.8 Å². The van der Waals surface area contributed by atoms with Gasteiger partial charge in [-0.2, -0.15) is 0 Å². The van der Waals surface area contributed by atoms with Gasteiger partial charge in [0.1, 0.15) is 5.75 Å². The van der Waals surface area contributed by atoms with Crippen LogP contribution in [0.25, 0.3) is 0 Å². The maximum absolute atomic E-state index is 11.2. The molecular weight excluding hydrogens is 296 g/mol. The van der Waals surface area contributed by atoms with Crippen LogP contribution in [0.1, 0.15) is 57.3 Å². The number of methoxy groups -OCH3 is 1. The minimum Gasteiger partial charge on any atom is -0.466 e. The molecule has 1 aromatic carbocycles. The van der Waals surface area contributed by atoms with Gasteiger partial charge in [0, 0.05) is 21.0 Å². The highest BCUT2D eigenvalue weighted by Crippen LogP contribution is 2.46. The highest BCUT2D eigenvalue weighted by Gasteiger charge is 2.36. The van der Waals surface area contributed by atoms with Gasteiger partial charge in [0.2, 0.25) is 0 Å². The lowest BCUT2D eigenvalue weighted by Crippen LogP contribution is -2.31. The van der Waals surface area contributed by atoms with Crippen LogP contribution in [0.4, 0.5) is 0 Å². The molecule has 0 heterocycles. The van der Waals surface area contributed by atoms with E-state index in [4.69, 9.17) is 14.2 Å². The summed E-state index contributed by atoms with van der Waals surface area (Å²) in [6.07, 6.45) is 2.57. The fourth-order valence-corrected chi connectivity index (χ4v) is 3.25. The quantitative estimate of drug-likeness (QED) is 0.615. The molecule has 0 aliphatic heterocycles. The molecule has 0 aromatic heterocycles. The molecule has 0 amide bonds. The van der Waals surface area contributed by atoms with Crippen molar-refractivity contribution in [3.8, 4) is 5.75 Å². The van der Waals surface area contributed by atoms with Gasteiger partial charge in [-0.25, -0.2) is 0 Å². The molecule has 5 heteroatoms. The van der Waals surface area contributed by atoms with E-state index in [1.165, 1.54) is 19.4 Å². The molecule has 0 bridgehead atoms. The van der Waals surface area contributed by atoms with Gasteiger partial charge in [-0.15, -0.1) is 0 Å². The first-order valence-electron chi connectivity index (χ1n) is 7.85. The van der Waals surface area contributed by atoms with Gasteiger partial charge in [-0.3, -0.25) is 9.59 Å². The van der Waals surface area contributed by atoms with E-state index < -0.39 is 0 Å². The van der Waals surface area contributed by atoms with E-state index in [2.05, 4.69) is 6.92 Å². The first kappa shape index (κ1) is 17.5. The van der Waals surface area contributed by atoms with Crippen molar-refractivity contribution >= 4 is 11.9 Å². The molecule has 2 rings (SSSR count). The third-order valence-electron chi connectivity index (χ3n) is 4.48. The third-order valence-corrected chi connectivity index (χ3v) is 4.48. The number of esters is 2. The smallest absolute Gasteiger partial charge is 0.308 e. The molecule has 126 valence electrons. The predicted molar refractivity (Wildman–Crippen MR) is 85.3 cm³/mol. The number of carbonyl (C=O) groups excluding carboxylic acids is 2. The third kappa shape index (κ3) is 4.10. The number of carbonyl (C=O) groups is 2. The lowest BCUT2D eigenvalue weighted by molar-refractivity contribution is -0.141. The SMILES string of the molecule is CO[C@@H]1CC[C@](C)(CCOC(C)=O)c2ccc(OC(C)=O)cc21. The Kier molecular flexibility index (Phi) is 5.42. The van der Waals surface area contributed by atoms with Crippen molar-refractivity contribution in [3.05, 3.63) is 29.3 Å². The Morgan fingerprint density at radius 2 is 2.00 bits per heavy atom. The average molecular weight is 320 g/mol. The second kappa shape index (κ2) is 7.13. The number of fused-ring (bicyclic) bond motifs is 1. The maximum Gasteiger partial charge on any atom is 0.308 e. The van der Waals surface area contributed by atoms with Gasteiger partial charge in [0.05, 0.1) is 12.7 Å². The highest BCUT2D eigenvalue weighted by molar-refractivity contribution is 5.69. The minimum absolute atomic E-state index is 0.0118. The van der Waals surface area contributed by atoms with Crippen molar-refractivity contribution in [2.24, 2.45) is 0 Å². The molecule has 0 spiro atoms. The van der Waals surface area contributed by atoms with Gasteiger partial charge in [-0.05, 0) is 47.9 Å². The normalized spacial score (nSPS) is 23.0. The Bertz CT molecular complexity index is 595. The van der Waals surface area contributed by atoms with E-state index in [-0.39, 0.29) is 23.5 Å². The first-order chi connectivity index (χ1) is 10.9. The monoisotopic (exact) mass is 320 g/mol. The molecule has 0 radical (unpaired) electrons. The molecule has 0 fully saturated rings. The number of ether oxygens (including phenoxy) is 3. The molecule has 0 saturated heterocycles. The zero-order valence-electron chi connectivity index (χ0n) is 14.2. The zero-order chi connectivity index (χ0) is 17.0. The lowest BCUT2D eigenvalue weighted by Gasteiger charge is -2.39. The van der Waals surface area contributed by atoms with Gasteiger partial charge in [-0.1, -0.05) is 13.0 Å². The average Bonchev–Trinajstić information content (AvgIpc) is 2.46. The maximum atomic E-state index is 11.2. The van der Waals surface area contributed by atoms with Crippen molar-refractivity contribution in [2.45, 2.75) is 51.6 Å². The Hall–Kier alpha value is -1.88. The van der Waals surface area contributed by atoms with Crippen LogP contribution in [0.5, 0.6) is 5.75 Å². The van der Waals surface area contributed by atoms with Crippen LogP contribution in [-0.2, 0) is 24.5 Å².